The average Bonchev–Trinajstić information content (AvgIpc) is 2.52. The van der Waals surface area contributed by atoms with Gasteiger partial charge in [0.15, 0.2) is 0 Å². The van der Waals surface area contributed by atoms with Gasteiger partial charge in [0.05, 0.1) is 23.4 Å². The summed E-state index contributed by atoms with van der Waals surface area (Å²) < 4.78 is 0.925. The van der Waals surface area contributed by atoms with Crippen molar-refractivity contribution in [2.75, 3.05) is 31.1 Å². The predicted molar refractivity (Wildman–Crippen MR) is 87.0 cm³/mol. The summed E-state index contributed by atoms with van der Waals surface area (Å²) in [6.45, 7) is 5.58. The first kappa shape index (κ1) is 15.8. The standard InChI is InChI=1S/C16H19BrN4/c1-2-3-15(12-19)20-6-8-21(9-7-20)16-5-4-14(17)10-13(16)11-18/h4-5,10,15H,2-3,6-9H2,1H3. The molecule has 0 amide bonds. The number of benzene rings is 1. The van der Waals surface area contributed by atoms with Gasteiger partial charge in [0.1, 0.15) is 6.07 Å². The van der Waals surface area contributed by atoms with Crippen molar-refractivity contribution in [1.82, 2.24) is 4.90 Å². The van der Waals surface area contributed by atoms with Gasteiger partial charge in [0.25, 0.3) is 0 Å². The molecule has 4 nitrogen and oxygen atoms in total. The van der Waals surface area contributed by atoms with E-state index in [4.69, 9.17) is 0 Å². The third-order valence-electron chi connectivity index (χ3n) is 3.89. The molecular weight excluding hydrogens is 328 g/mol. The fourth-order valence-electron chi connectivity index (χ4n) is 2.75. The Morgan fingerprint density at radius 3 is 2.52 bits per heavy atom. The lowest BCUT2D eigenvalue weighted by Crippen LogP contribution is -2.50. The molecule has 0 saturated carbocycles. The number of halogens is 1. The van der Waals surface area contributed by atoms with Crippen LogP contribution in [-0.2, 0) is 0 Å². The smallest absolute Gasteiger partial charge is 0.101 e. The second-order valence-corrected chi connectivity index (χ2v) is 6.15. The Balaban J connectivity index is 2.05. The molecule has 1 heterocycles. The molecule has 0 radical (unpaired) electrons. The van der Waals surface area contributed by atoms with Crippen LogP contribution in [0.5, 0.6) is 0 Å². The van der Waals surface area contributed by atoms with Crippen molar-refractivity contribution >= 4 is 21.6 Å². The van der Waals surface area contributed by atoms with E-state index in [1.807, 2.05) is 18.2 Å². The molecule has 0 bridgehead atoms. The molecule has 1 aromatic carbocycles. The zero-order valence-electron chi connectivity index (χ0n) is 12.2. The van der Waals surface area contributed by atoms with Crippen molar-refractivity contribution in [3.05, 3.63) is 28.2 Å². The minimum atomic E-state index is 0.0255. The molecule has 1 atom stereocenters. The summed E-state index contributed by atoms with van der Waals surface area (Å²) in [5, 5.41) is 18.5. The van der Waals surface area contributed by atoms with Crippen LogP contribution in [0.25, 0.3) is 0 Å². The highest BCUT2D eigenvalue weighted by molar-refractivity contribution is 9.10. The molecule has 1 fully saturated rings. The van der Waals surface area contributed by atoms with E-state index in [9.17, 15) is 10.5 Å². The molecule has 0 spiro atoms. The fraction of sp³-hybridized carbons (Fsp3) is 0.500. The van der Waals surface area contributed by atoms with Crippen LogP contribution < -0.4 is 4.90 Å². The van der Waals surface area contributed by atoms with Crippen LogP contribution in [0.4, 0.5) is 5.69 Å². The summed E-state index contributed by atoms with van der Waals surface area (Å²) in [5.74, 6) is 0. The van der Waals surface area contributed by atoms with Crippen molar-refractivity contribution in [1.29, 1.82) is 10.5 Å². The van der Waals surface area contributed by atoms with E-state index >= 15 is 0 Å². The molecule has 5 heteroatoms. The second kappa shape index (κ2) is 7.45. The third kappa shape index (κ3) is 3.75. The highest BCUT2D eigenvalue weighted by Gasteiger charge is 2.24. The van der Waals surface area contributed by atoms with Gasteiger partial charge in [0.2, 0.25) is 0 Å². The Morgan fingerprint density at radius 2 is 1.95 bits per heavy atom. The minimum absolute atomic E-state index is 0.0255. The maximum atomic E-state index is 9.27. The average molecular weight is 347 g/mol. The van der Waals surface area contributed by atoms with Gasteiger partial charge in [-0.3, -0.25) is 4.90 Å². The Labute approximate surface area is 134 Å². The number of nitriles is 2. The first-order chi connectivity index (χ1) is 10.2. The zero-order valence-corrected chi connectivity index (χ0v) is 13.8. The molecule has 0 N–H and O–H groups in total. The number of rotatable bonds is 4. The van der Waals surface area contributed by atoms with Gasteiger partial charge in [-0.25, -0.2) is 0 Å². The maximum absolute atomic E-state index is 9.27. The predicted octanol–water partition coefficient (Wildman–Crippen LogP) is 3.14. The van der Waals surface area contributed by atoms with Crippen molar-refractivity contribution in [3.63, 3.8) is 0 Å². The number of piperazine rings is 1. The molecule has 0 aliphatic carbocycles. The quantitative estimate of drug-likeness (QED) is 0.840. The van der Waals surface area contributed by atoms with Gasteiger partial charge in [-0.1, -0.05) is 29.3 Å². The molecule has 110 valence electrons. The normalized spacial score (nSPS) is 17.0. The molecule has 0 aromatic heterocycles. The number of hydrogen-bond donors (Lipinski definition) is 0. The van der Waals surface area contributed by atoms with Gasteiger partial charge in [-0.05, 0) is 24.6 Å². The first-order valence-electron chi connectivity index (χ1n) is 7.27. The Hall–Kier alpha value is -1.56. The molecule has 1 aliphatic heterocycles. The summed E-state index contributed by atoms with van der Waals surface area (Å²) in [6.07, 6.45) is 1.96. The van der Waals surface area contributed by atoms with Gasteiger partial charge in [0, 0.05) is 30.7 Å². The van der Waals surface area contributed by atoms with E-state index in [0.717, 1.165) is 49.2 Å². The van der Waals surface area contributed by atoms with Crippen LogP contribution in [0.3, 0.4) is 0 Å². The number of anilines is 1. The molecule has 1 saturated heterocycles. The largest absolute Gasteiger partial charge is 0.368 e. The van der Waals surface area contributed by atoms with E-state index in [1.165, 1.54) is 0 Å². The lowest BCUT2D eigenvalue weighted by atomic mass is 10.1. The van der Waals surface area contributed by atoms with Gasteiger partial charge in [-0.2, -0.15) is 10.5 Å². The van der Waals surface area contributed by atoms with Crippen LogP contribution in [0.15, 0.2) is 22.7 Å². The van der Waals surface area contributed by atoms with Crippen LogP contribution in [0, 0.1) is 22.7 Å². The SMILES string of the molecule is CCCC(C#N)N1CCN(c2ccc(Br)cc2C#N)CC1. The van der Waals surface area contributed by atoms with Crippen molar-refractivity contribution in [3.8, 4) is 12.1 Å². The zero-order chi connectivity index (χ0) is 15.2. The summed E-state index contributed by atoms with van der Waals surface area (Å²) in [5.41, 5.74) is 1.69. The lowest BCUT2D eigenvalue weighted by Gasteiger charge is -2.38. The first-order valence-corrected chi connectivity index (χ1v) is 8.07. The van der Waals surface area contributed by atoms with Crippen LogP contribution in [-0.4, -0.2) is 37.1 Å². The highest BCUT2D eigenvalue weighted by Crippen LogP contribution is 2.25. The van der Waals surface area contributed by atoms with E-state index < -0.39 is 0 Å². The monoisotopic (exact) mass is 346 g/mol. The van der Waals surface area contributed by atoms with Crippen LogP contribution in [0.1, 0.15) is 25.3 Å². The summed E-state index contributed by atoms with van der Waals surface area (Å²) in [7, 11) is 0. The summed E-state index contributed by atoms with van der Waals surface area (Å²) in [4.78, 5) is 4.49. The topological polar surface area (TPSA) is 54.1 Å². The van der Waals surface area contributed by atoms with Crippen LogP contribution in [0.2, 0.25) is 0 Å². The van der Waals surface area contributed by atoms with Gasteiger partial charge < -0.3 is 4.90 Å². The lowest BCUT2D eigenvalue weighted by molar-refractivity contribution is 0.211. The van der Waals surface area contributed by atoms with Crippen LogP contribution >= 0.6 is 15.9 Å². The Morgan fingerprint density at radius 1 is 1.24 bits per heavy atom. The van der Waals surface area contributed by atoms with E-state index in [-0.39, 0.29) is 6.04 Å². The van der Waals surface area contributed by atoms with Crippen molar-refractivity contribution in [2.45, 2.75) is 25.8 Å². The Kier molecular flexibility index (Phi) is 5.61. The van der Waals surface area contributed by atoms with Gasteiger partial charge >= 0.3 is 0 Å². The third-order valence-corrected chi connectivity index (χ3v) is 4.38. The van der Waals surface area contributed by atoms with E-state index in [2.05, 4.69) is 44.8 Å². The minimum Gasteiger partial charge on any atom is -0.368 e. The van der Waals surface area contributed by atoms with E-state index in [0.29, 0.717) is 5.56 Å². The van der Waals surface area contributed by atoms with Gasteiger partial charge in [-0.15, -0.1) is 0 Å². The van der Waals surface area contributed by atoms with Crippen molar-refractivity contribution in [2.24, 2.45) is 0 Å². The maximum Gasteiger partial charge on any atom is 0.101 e. The summed E-state index contributed by atoms with van der Waals surface area (Å²) in [6, 6.07) is 10.5. The summed E-state index contributed by atoms with van der Waals surface area (Å²) >= 11 is 3.40. The number of nitrogens with zero attached hydrogens (tertiary/aromatic N) is 4. The molecular formula is C16H19BrN4. The molecule has 21 heavy (non-hydrogen) atoms. The fourth-order valence-corrected chi connectivity index (χ4v) is 3.11. The van der Waals surface area contributed by atoms with E-state index in [1.54, 1.807) is 0 Å². The molecule has 1 unspecified atom stereocenters. The second-order valence-electron chi connectivity index (χ2n) is 5.23. The molecule has 2 rings (SSSR count). The van der Waals surface area contributed by atoms with Crippen molar-refractivity contribution < 1.29 is 0 Å². The highest BCUT2D eigenvalue weighted by atomic mass is 79.9. The number of hydrogen-bond acceptors (Lipinski definition) is 4. The Bertz CT molecular complexity index is 565. The molecule has 1 aliphatic rings. The molecule has 1 aromatic rings.